The van der Waals surface area contributed by atoms with Crippen LogP contribution in [0.15, 0.2) is 53.7 Å². The van der Waals surface area contributed by atoms with E-state index in [2.05, 4.69) is 4.98 Å². The molecule has 1 atom stereocenters. The number of rotatable bonds is 9. The Bertz CT molecular complexity index is 852. The number of ether oxygens (including phenoxy) is 2. The van der Waals surface area contributed by atoms with E-state index >= 15 is 0 Å². The lowest BCUT2D eigenvalue weighted by Crippen LogP contribution is -2.20. The summed E-state index contributed by atoms with van der Waals surface area (Å²) in [6.45, 7) is 0.511. The van der Waals surface area contributed by atoms with Crippen molar-refractivity contribution in [2.45, 2.75) is 17.8 Å². The topological polar surface area (TPSA) is 76.7 Å². The summed E-state index contributed by atoms with van der Waals surface area (Å²) in [5, 5.41) is 19.8. The fraction of sp³-hybridized carbons (Fsp3) is 0.316. The molecule has 3 aromatic rings. The predicted molar refractivity (Wildman–Crippen MR) is 102 cm³/mol. The average molecular weight is 374 g/mol. The Hall–Kier alpha value is -2.22. The summed E-state index contributed by atoms with van der Waals surface area (Å²) in [6, 6.07) is 15.3. The molecule has 6 nitrogen and oxygen atoms in total. The fourth-order valence-corrected chi connectivity index (χ4v) is 3.47. The molecule has 0 amide bonds. The van der Waals surface area contributed by atoms with E-state index in [4.69, 9.17) is 14.6 Å². The summed E-state index contributed by atoms with van der Waals surface area (Å²) in [5.41, 5.74) is 1.80. The Morgan fingerprint density at radius 3 is 2.62 bits per heavy atom. The van der Waals surface area contributed by atoms with Gasteiger partial charge in [-0.3, -0.25) is 0 Å². The zero-order valence-corrected chi connectivity index (χ0v) is 15.4. The van der Waals surface area contributed by atoms with Gasteiger partial charge < -0.3 is 24.3 Å². The van der Waals surface area contributed by atoms with Crippen LogP contribution in [0, 0.1) is 0 Å². The molecule has 0 unspecified atom stereocenters. The summed E-state index contributed by atoms with van der Waals surface area (Å²) >= 11 is 1.55. The molecule has 1 heterocycles. The quantitative estimate of drug-likeness (QED) is 0.443. The third-order valence-electron chi connectivity index (χ3n) is 3.86. The standard InChI is InChI=1S/C19H22N2O4S/c1-24-17-8-4-5-9-18(17)25-10-11-26-19-20-15-6-2-3-7-16(15)21(19)12-14(23)13-22/h2-9,14,22-23H,10-13H2,1H3/t14-/m1/s1. The number of aliphatic hydroxyl groups is 2. The lowest BCUT2D eigenvalue weighted by molar-refractivity contribution is 0.0802. The van der Waals surface area contributed by atoms with Crippen molar-refractivity contribution in [3.05, 3.63) is 48.5 Å². The first-order valence-corrected chi connectivity index (χ1v) is 9.34. The summed E-state index contributed by atoms with van der Waals surface area (Å²) in [5.74, 6) is 2.10. The zero-order chi connectivity index (χ0) is 18.4. The van der Waals surface area contributed by atoms with Crippen molar-refractivity contribution in [2.24, 2.45) is 0 Å². The van der Waals surface area contributed by atoms with E-state index in [0.29, 0.717) is 30.4 Å². The second-order valence-electron chi connectivity index (χ2n) is 5.68. The number of para-hydroxylation sites is 4. The van der Waals surface area contributed by atoms with E-state index in [1.54, 1.807) is 18.9 Å². The molecule has 0 fully saturated rings. The van der Waals surface area contributed by atoms with Gasteiger partial charge in [0.05, 0.1) is 44.0 Å². The van der Waals surface area contributed by atoms with E-state index in [0.717, 1.165) is 16.2 Å². The number of hydrogen-bond donors (Lipinski definition) is 2. The zero-order valence-electron chi connectivity index (χ0n) is 14.5. The van der Waals surface area contributed by atoms with E-state index in [1.807, 2.05) is 53.1 Å². The maximum Gasteiger partial charge on any atom is 0.169 e. The van der Waals surface area contributed by atoms with E-state index in [1.165, 1.54) is 0 Å². The molecule has 0 aliphatic rings. The maximum atomic E-state index is 9.85. The van der Waals surface area contributed by atoms with Gasteiger partial charge in [0, 0.05) is 5.75 Å². The van der Waals surface area contributed by atoms with Crippen molar-refractivity contribution >= 4 is 22.8 Å². The minimum Gasteiger partial charge on any atom is -0.493 e. The van der Waals surface area contributed by atoms with Gasteiger partial charge in [-0.1, -0.05) is 36.0 Å². The van der Waals surface area contributed by atoms with Gasteiger partial charge in [-0.15, -0.1) is 0 Å². The Kier molecular flexibility index (Phi) is 6.38. The molecule has 0 aliphatic carbocycles. The van der Waals surface area contributed by atoms with Crippen LogP contribution in [0.25, 0.3) is 11.0 Å². The second-order valence-corrected chi connectivity index (χ2v) is 6.74. The number of thioether (sulfide) groups is 1. The molecule has 1 aromatic heterocycles. The van der Waals surface area contributed by atoms with Gasteiger partial charge in [0.15, 0.2) is 16.7 Å². The lowest BCUT2D eigenvalue weighted by atomic mass is 10.3. The highest BCUT2D eigenvalue weighted by atomic mass is 32.2. The number of benzene rings is 2. The number of methoxy groups -OCH3 is 1. The molecule has 7 heteroatoms. The molecule has 0 bridgehead atoms. The first-order valence-electron chi connectivity index (χ1n) is 8.35. The highest BCUT2D eigenvalue weighted by Gasteiger charge is 2.14. The summed E-state index contributed by atoms with van der Waals surface area (Å²) in [4.78, 5) is 4.63. The van der Waals surface area contributed by atoms with E-state index in [-0.39, 0.29) is 6.61 Å². The van der Waals surface area contributed by atoms with Crippen LogP contribution < -0.4 is 9.47 Å². The van der Waals surface area contributed by atoms with Gasteiger partial charge in [-0.05, 0) is 24.3 Å². The van der Waals surface area contributed by atoms with Gasteiger partial charge in [0.25, 0.3) is 0 Å². The summed E-state index contributed by atoms with van der Waals surface area (Å²) in [7, 11) is 1.62. The van der Waals surface area contributed by atoms with Gasteiger partial charge in [-0.25, -0.2) is 4.98 Å². The molecule has 0 saturated heterocycles. The normalized spacial score (nSPS) is 12.3. The Morgan fingerprint density at radius 2 is 1.85 bits per heavy atom. The van der Waals surface area contributed by atoms with Crippen molar-refractivity contribution in [1.29, 1.82) is 0 Å². The molecule has 0 aliphatic heterocycles. The maximum absolute atomic E-state index is 9.85. The molecule has 2 N–H and O–H groups in total. The monoisotopic (exact) mass is 374 g/mol. The molecule has 2 aromatic carbocycles. The van der Waals surface area contributed by atoms with Crippen LogP contribution in [-0.4, -0.2) is 51.9 Å². The molecule has 138 valence electrons. The van der Waals surface area contributed by atoms with Crippen LogP contribution in [0.2, 0.25) is 0 Å². The second kappa shape index (κ2) is 8.93. The van der Waals surface area contributed by atoms with Crippen LogP contribution in [0.5, 0.6) is 11.5 Å². The third-order valence-corrected chi connectivity index (χ3v) is 4.81. The largest absolute Gasteiger partial charge is 0.493 e. The SMILES string of the molecule is COc1ccccc1OCCSc1nc2ccccc2n1C[C@@H](O)CO. The van der Waals surface area contributed by atoms with Crippen molar-refractivity contribution in [2.75, 3.05) is 26.1 Å². The molecule has 26 heavy (non-hydrogen) atoms. The molecule has 0 spiro atoms. The van der Waals surface area contributed by atoms with E-state index in [9.17, 15) is 5.11 Å². The number of aliphatic hydroxyl groups excluding tert-OH is 2. The number of imidazole rings is 1. The summed E-state index contributed by atoms with van der Waals surface area (Å²) in [6.07, 6.45) is -0.822. The van der Waals surface area contributed by atoms with Crippen LogP contribution in [0.1, 0.15) is 0 Å². The highest BCUT2D eigenvalue weighted by Crippen LogP contribution is 2.27. The molecule has 3 rings (SSSR count). The lowest BCUT2D eigenvalue weighted by Gasteiger charge is -2.13. The molecule has 0 saturated carbocycles. The van der Waals surface area contributed by atoms with Crippen molar-refractivity contribution in [1.82, 2.24) is 9.55 Å². The predicted octanol–water partition coefficient (Wildman–Crippen LogP) is 2.57. The molecule has 0 radical (unpaired) electrons. The minimum atomic E-state index is -0.822. The third kappa shape index (κ3) is 4.30. The van der Waals surface area contributed by atoms with Crippen LogP contribution in [0.3, 0.4) is 0 Å². The van der Waals surface area contributed by atoms with Crippen LogP contribution >= 0.6 is 11.8 Å². The van der Waals surface area contributed by atoms with E-state index < -0.39 is 6.10 Å². The fourth-order valence-electron chi connectivity index (χ4n) is 2.63. The Morgan fingerprint density at radius 1 is 1.12 bits per heavy atom. The number of fused-ring (bicyclic) bond motifs is 1. The number of aromatic nitrogens is 2. The van der Waals surface area contributed by atoms with Gasteiger partial charge >= 0.3 is 0 Å². The van der Waals surface area contributed by atoms with Gasteiger partial charge in [0.2, 0.25) is 0 Å². The Labute approximate surface area is 156 Å². The smallest absolute Gasteiger partial charge is 0.169 e. The van der Waals surface area contributed by atoms with Crippen molar-refractivity contribution in [3.8, 4) is 11.5 Å². The van der Waals surface area contributed by atoms with Gasteiger partial charge in [-0.2, -0.15) is 0 Å². The van der Waals surface area contributed by atoms with Crippen molar-refractivity contribution < 1.29 is 19.7 Å². The van der Waals surface area contributed by atoms with Crippen LogP contribution in [0.4, 0.5) is 0 Å². The number of hydrogen-bond acceptors (Lipinski definition) is 6. The highest BCUT2D eigenvalue weighted by molar-refractivity contribution is 7.99. The van der Waals surface area contributed by atoms with Crippen molar-refractivity contribution in [3.63, 3.8) is 0 Å². The Balaban J connectivity index is 1.67. The first kappa shape index (κ1) is 18.6. The number of nitrogens with zero attached hydrogens (tertiary/aromatic N) is 2. The van der Waals surface area contributed by atoms with Crippen LogP contribution in [-0.2, 0) is 6.54 Å². The minimum absolute atomic E-state index is 0.284. The van der Waals surface area contributed by atoms with Gasteiger partial charge in [0.1, 0.15) is 0 Å². The first-order chi connectivity index (χ1) is 12.7. The molecular weight excluding hydrogens is 352 g/mol. The molecular formula is C19H22N2O4S. The summed E-state index contributed by atoms with van der Waals surface area (Å²) < 4.78 is 13.0. The average Bonchev–Trinajstić information content (AvgIpc) is 3.03.